The minimum atomic E-state index is -0.169. The van der Waals surface area contributed by atoms with Crippen LogP contribution in [-0.2, 0) is 0 Å². The van der Waals surface area contributed by atoms with E-state index in [-0.39, 0.29) is 12.2 Å². The molecule has 0 spiro atoms. The summed E-state index contributed by atoms with van der Waals surface area (Å²) in [6, 6.07) is 0.481. The van der Waals surface area contributed by atoms with Gasteiger partial charge in [-0.1, -0.05) is 32.1 Å². The molecule has 6 rings (SSSR count). The molecule has 0 aromatic heterocycles. The zero-order valence-electron chi connectivity index (χ0n) is 23.8. The van der Waals surface area contributed by atoms with Gasteiger partial charge >= 0.3 is 0 Å². The highest BCUT2D eigenvalue weighted by Gasteiger charge is 2.47. The maximum Gasteiger partial charge on any atom is 0.0575 e. The van der Waals surface area contributed by atoms with Crippen molar-refractivity contribution in [2.75, 3.05) is 0 Å². The first-order valence-electron chi connectivity index (χ1n) is 17.2. The van der Waals surface area contributed by atoms with Crippen LogP contribution in [0.1, 0.15) is 135 Å². The van der Waals surface area contributed by atoms with Crippen LogP contribution >= 0.6 is 0 Å². The number of fused-ring (bicyclic) bond motifs is 1. The van der Waals surface area contributed by atoms with Crippen molar-refractivity contribution < 1.29 is 10.2 Å². The Morgan fingerprint density at radius 1 is 0.351 bits per heavy atom. The predicted octanol–water partition coefficient (Wildman–Crippen LogP) is 7.47. The summed E-state index contributed by atoms with van der Waals surface area (Å²) in [6.45, 7) is 0. The van der Waals surface area contributed by atoms with E-state index in [9.17, 15) is 10.2 Å². The molecule has 0 aliphatic heterocycles. The van der Waals surface area contributed by atoms with Gasteiger partial charge in [0.2, 0.25) is 0 Å². The first-order chi connectivity index (χ1) is 18.1. The monoisotopic (exact) mass is 513 g/mol. The number of nitrogens with two attached hydrogens (primary N) is 1. The van der Waals surface area contributed by atoms with Gasteiger partial charge in [0.25, 0.3) is 0 Å². The van der Waals surface area contributed by atoms with Gasteiger partial charge in [0, 0.05) is 6.04 Å². The largest absolute Gasteiger partial charge is 0.393 e. The van der Waals surface area contributed by atoms with Crippen molar-refractivity contribution in [3.05, 3.63) is 0 Å². The molecule has 0 bridgehead atoms. The lowest BCUT2D eigenvalue weighted by molar-refractivity contribution is -0.0957. The molecule has 3 heteroatoms. The number of hydrogen-bond donors (Lipinski definition) is 3. The molecule has 0 radical (unpaired) electrons. The third-order valence-corrected chi connectivity index (χ3v) is 13.6. The van der Waals surface area contributed by atoms with Crippen LogP contribution in [0.3, 0.4) is 0 Å². The Bertz CT molecular complexity index is 701. The van der Waals surface area contributed by atoms with Gasteiger partial charge in [-0.15, -0.1) is 0 Å². The summed E-state index contributed by atoms with van der Waals surface area (Å²) in [4.78, 5) is 0. The molecule has 37 heavy (non-hydrogen) atoms. The summed E-state index contributed by atoms with van der Waals surface area (Å²) in [6.07, 6.45) is 27.7. The van der Waals surface area contributed by atoms with Crippen molar-refractivity contribution in [3.8, 4) is 0 Å². The van der Waals surface area contributed by atoms with Gasteiger partial charge in [0.05, 0.1) is 12.2 Å². The van der Waals surface area contributed by atoms with E-state index >= 15 is 0 Å². The summed E-state index contributed by atoms with van der Waals surface area (Å²) in [5, 5.41) is 22.8. The Labute approximate surface area is 228 Å². The van der Waals surface area contributed by atoms with Crippen molar-refractivity contribution in [3.63, 3.8) is 0 Å². The maximum absolute atomic E-state index is 11.4. The summed E-state index contributed by atoms with van der Waals surface area (Å²) in [5.74, 6) is 7.66. The standard InChI is InChI=1S/C34H59NO2/c35-28-18-16-25(17-19-28)23-10-8-22(9-11-23)24-12-14-27(15-13-24)31-20-34(37)32(21-33(31)36)30-7-3-5-26-4-1-2-6-29(26)30/h22-34,36-37H,1-21,35H2. The lowest BCUT2D eigenvalue weighted by Crippen LogP contribution is -2.48. The molecule has 0 saturated heterocycles. The van der Waals surface area contributed by atoms with Crippen LogP contribution in [0.4, 0.5) is 0 Å². The minimum Gasteiger partial charge on any atom is -0.393 e. The zero-order chi connectivity index (χ0) is 25.4. The van der Waals surface area contributed by atoms with Gasteiger partial charge in [-0.2, -0.15) is 0 Å². The van der Waals surface area contributed by atoms with Crippen LogP contribution in [0.5, 0.6) is 0 Å². The molecular weight excluding hydrogens is 454 g/mol. The van der Waals surface area contributed by atoms with Crippen molar-refractivity contribution >= 4 is 0 Å². The number of aliphatic hydroxyl groups is 2. The molecule has 0 amide bonds. The van der Waals surface area contributed by atoms with Crippen molar-refractivity contribution in [2.45, 2.75) is 153 Å². The van der Waals surface area contributed by atoms with Gasteiger partial charge in [-0.05, 0) is 162 Å². The van der Waals surface area contributed by atoms with Crippen LogP contribution in [0, 0.1) is 59.2 Å². The fourth-order valence-electron chi connectivity index (χ4n) is 11.5. The third-order valence-electron chi connectivity index (χ3n) is 13.6. The molecule has 6 aliphatic rings. The first-order valence-corrected chi connectivity index (χ1v) is 17.2. The van der Waals surface area contributed by atoms with E-state index in [0.29, 0.717) is 29.7 Å². The molecule has 7 unspecified atom stereocenters. The van der Waals surface area contributed by atoms with Crippen molar-refractivity contribution in [2.24, 2.45) is 64.9 Å². The van der Waals surface area contributed by atoms with Gasteiger partial charge in [0.1, 0.15) is 0 Å². The molecule has 6 saturated carbocycles. The van der Waals surface area contributed by atoms with Gasteiger partial charge in [-0.25, -0.2) is 0 Å². The Morgan fingerprint density at radius 3 is 1.38 bits per heavy atom. The second-order valence-corrected chi connectivity index (χ2v) is 15.3. The number of aliphatic hydroxyl groups excluding tert-OH is 2. The Morgan fingerprint density at radius 2 is 0.757 bits per heavy atom. The quantitative estimate of drug-likeness (QED) is 0.365. The molecule has 6 aliphatic carbocycles. The molecule has 0 aromatic carbocycles. The fourth-order valence-corrected chi connectivity index (χ4v) is 11.5. The molecule has 6 fully saturated rings. The van der Waals surface area contributed by atoms with E-state index in [1.807, 2.05) is 0 Å². The molecule has 0 aromatic rings. The van der Waals surface area contributed by atoms with Crippen LogP contribution in [-0.4, -0.2) is 28.5 Å². The van der Waals surface area contributed by atoms with E-state index < -0.39 is 0 Å². The zero-order valence-corrected chi connectivity index (χ0v) is 23.8. The van der Waals surface area contributed by atoms with E-state index in [0.717, 1.165) is 48.3 Å². The second-order valence-electron chi connectivity index (χ2n) is 15.3. The normalized spacial score (nSPS) is 51.8. The Kier molecular flexibility index (Phi) is 8.91. The third kappa shape index (κ3) is 6.00. The predicted molar refractivity (Wildman–Crippen MR) is 152 cm³/mol. The number of hydrogen-bond acceptors (Lipinski definition) is 3. The highest BCUT2D eigenvalue weighted by molar-refractivity contribution is 4.97. The van der Waals surface area contributed by atoms with E-state index in [2.05, 4.69) is 0 Å². The number of rotatable bonds is 4. The summed E-state index contributed by atoms with van der Waals surface area (Å²) < 4.78 is 0. The smallest absolute Gasteiger partial charge is 0.0575 e. The van der Waals surface area contributed by atoms with Crippen LogP contribution in [0.2, 0.25) is 0 Å². The van der Waals surface area contributed by atoms with Crippen molar-refractivity contribution in [1.82, 2.24) is 0 Å². The summed E-state index contributed by atoms with van der Waals surface area (Å²) in [5.41, 5.74) is 6.16. The summed E-state index contributed by atoms with van der Waals surface area (Å²) in [7, 11) is 0. The molecule has 4 N–H and O–H groups in total. The maximum atomic E-state index is 11.4. The van der Waals surface area contributed by atoms with Gasteiger partial charge in [0.15, 0.2) is 0 Å². The Hall–Kier alpha value is -0.120. The fraction of sp³-hybridized carbons (Fsp3) is 1.00. The lowest BCUT2D eigenvalue weighted by Gasteiger charge is -2.50. The van der Waals surface area contributed by atoms with E-state index in [1.54, 1.807) is 0 Å². The van der Waals surface area contributed by atoms with E-state index in [4.69, 9.17) is 5.73 Å². The second kappa shape index (κ2) is 12.2. The van der Waals surface area contributed by atoms with Gasteiger partial charge < -0.3 is 15.9 Å². The molecule has 212 valence electrons. The topological polar surface area (TPSA) is 66.5 Å². The van der Waals surface area contributed by atoms with E-state index in [1.165, 1.54) is 122 Å². The minimum absolute atomic E-state index is 0.165. The Balaban J connectivity index is 0.967. The lowest BCUT2D eigenvalue weighted by atomic mass is 9.57. The van der Waals surface area contributed by atoms with Crippen molar-refractivity contribution in [1.29, 1.82) is 0 Å². The highest BCUT2D eigenvalue weighted by Crippen LogP contribution is 2.52. The average molecular weight is 514 g/mol. The average Bonchev–Trinajstić information content (AvgIpc) is 2.94. The first kappa shape index (κ1) is 27.1. The van der Waals surface area contributed by atoms with Crippen LogP contribution < -0.4 is 5.73 Å². The van der Waals surface area contributed by atoms with Gasteiger partial charge in [-0.3, -0.25) is 0 Å². The molecule has 0 heterocycles. The molecule has 7 atom stereocenters. The van der Waals surface area contributed by atoms with Crippen LogP contribution in [0.15, 0.2) is 0 Å². The van der Waals surface area contributed by atoms with Crippen LogP contribution in [0.25, 0.3) is 0 Å². The summed E-state index contributed by atoms with van der Waals surface area (Å²) >= 11 is 0. The molecule has 3 nitrogen and oxygen atoms in total. The SMILES string of the molecule is NC1CCC(C2CCC(C3CCC(C4CC(O)C(C5CCCC6CCCCC65)CC4O)CC3)CC2)CC1. The molecular formula is C34H59NO2. The highest BCUT2D eigenvalue weighted by atomic mass is 16.3.